The number of nitrogens with zero attached hydrogens (tertiary/aromatic N) is 1. The molecule has 0 fully saturated rings. The number of hydroxylamine groups is 2. The molecule has 0 saturated heterocycles. The van der Waals surface area contributed by atoms with Crippen LogP contribution in [-0.2, 0) is 4.84 Å². The molecule has 0 rings (SSSR count). The summed E-state index contributed by atoms with van der Waals surface area (Å²) < 4.78 is 0. The minimum Gasteiger partial charge on any atom is -0.414 e. The Morgan fingerprint density at radius 1 is 1.20 bits per heavy atom. The van der Waals surface area contributed by atoms with Crippen LogP contribution in [0.15, 0.2) is 12.3 Å². The highest BCUT2D eigenvalue weighted by Crippen LogP contribution is 1.90. The van der Waals surface area contributed by atoms with Gasteiger partial charge in [-0.15, -0.1) is 5.06 Å². The molecule has 0 aliphatic heterocycles. The molecule has 0 N–H and O–H groups in total. The second kappa shape index (κ2) is 6.62. The second-order valence-corrected chi connectivity index (χ2v) is 2.00. The van der Waals surface area contributed by atoms with E-state index in [2.05, 4.69) is 20.8 Å². The average Bonchev–Trinajstić information content (AvgIpc) is 1.99. The van der Waals surface area contributed by atoms with Crippen LogP contribution in [0.2, 0.25) is 0 Å². The van der Waals surface area contributed by atoms with Crippen molar-refractivity contribution in [2.75, 3.05) is 13.1 Å². The quantitative estimate of drug-likeness (QED) is 0.432. The molecular weight excluding hydrogens is 126 g/mol. The maximum atomic E-state index is 5.23. The van der Waals surface area contributed by atoms with Crippen molar-refractivity contribution >= 4 is 0 Å². The smallest absolute Gasteiger partial charge is 0.107 e. The van der Waals surface area contributed by atoms with Crippen LogP contribution in [-0.4, -0.2) is 18.2 Å². The van der Waals surface area contributed by atoms with Gasteiger partial charge in [0.05, 0.1) is 0 Å². The summed E-state index contributed by atoms with van der Waals surface area (Å²) in [6.45, 7) is 8.10. The predicted octanol–water partition coefficient (Wildman–Crippen LogP) is 2.18. The Morgan fingerprint density at radius 3 is 2.20 bits per heavy atom. The molecule has 2 nitrogen and oxygen atoms in total. The third-order valence-corrected chi connectivity index (χ3v) is 1.25. The van der Waals surface area contributed by atoms with Gasteiger partial charge in [-0.3, -0.25) is 0 Å². The Labute approximate surface area is 63.4 Å². The summed E-state index contributed by atoms with van der Waals surface area (Å²) >= 11 is 0. The molecule has 10 heavy (non-hydrogen) atoms. The fourth-order valence-corrected chi connectivity index (χ4v) is 0.598. The zero-order valence-electron chi connectivity index (χ0n) is 7.13. The van der Waals surface area contributed by atoms with Gasteiger partial charge in [0.1, 0.15) is 6.26 Å². The molecule has 0 aliphatic rings. The average molecular weight is 143 g/mol. The second-order valence-electron chi connectivity index (χ2n) is 2.00. The van der Waals surface area contributed by atoms with Gasteiger partial charge in [-0.25, -0.2) is 0 Å². The highest BCUT2D eigenvalue weighted by Gasteiger charge is 1.92. The molecule has 0 aromatic heterocycles. The van der Waals surface area contributed by atoms with Crippen LogP contribution >= 0.6 is 0 Å². The summed E-state index contributed by atoms with van der Waals surface area (Å²) in [6.07, 6.45) is 4.77. The molecule has 0 aromatic rings. The first-order valence-electron chi connectivity index (χ1n) is 3.91. The standard InChI is InChI=1S/C8H17NO/c1-4-7-8-10-9(5-2)6-3/h7-8H,4-6H2,1-3H3. The maximum Gasteiger partial charge on any atom is 0.107 e. The van der Waals surface area contributed by atoms with Crippen molar-refractivity contribution < 1.29 is 4.84 Å². The van der Waals surface area contributed by atoms with Gasteiger partial charge in [-0.2, -0.15) is 0 Å². The van der Waals surface area contributed by atoms with Crippen molar-refractivity contribution in [3.05, 3.63) is 12.3 Å². The Bertz CT molecular complexity index is 87.3. The normalized spacial score (nSPS) is 11.2. The van der Waals surface area contributed by atoms with Crippen molar-refractivity contribution in [1.82, 2.24) is 5.06 Å². The van der Waals surface area contributed by atoms with Crippen LogP contribution in [0.25, 0.3) is 0 Å². The van der Waals surface area contributed by atoms with E-state index in [4.69, 9.17) is 4.84 Å². The molecule has 2 heteroatoms. The van der Waals surface area contributed by atoms with Crippen LogP contribution in [0.3, 0.4) is 0 Å². The first-order chi connectivity index (χ1) is 4.85. The summed E-state index contributed by atoms with van der Waals surface area (Å²) in [7, 11) is 0. The van der Waals surface area contributed by atoms with E-state index >= 15 is 0 Å². The molecular formula is C8H17NO. The zero-order chi connectivity index (χ0) is 7.82. The first kappa shape index (κ1) is 9.50. The van der Waals surface area contributed by atoms with E-state index in [0.29, 0.717) is 0 Å². The van der Waals surface area contributed by atoms with Gasteiger partial charge in [-0.05, 0) is 26.3 Å². The third kappa shape index (κ3) is 4.39. The number of allylic oxidation sites excluding steroid dienone is 1. The van der Waals surface area contributed by atoms with Gasteiger partial charge < -0.3 is 4.84 Å². The monoisotopic (exact) mass is 143 g/mol. The van der Waals surface area contributed by atoms with Gasteiger partial charge in [0.15, 0.2) is 0 Å². The summed E-state index contributed by atoms with van der Waals surface area (Å²) in [5.41, 5.74) is 0. The molecule has 0 unspecified atom stereocenters. The fraction of sp³-hybridized carbons (Fsp3) is 0.750. The van der Waals surface area contributed by atoms with Crippen molar-refractivity contribution in [3.8, 4) is 0 Å². The lowest BCUT2D eigenvalue weighted by molar-refractivity contribution is -0.0947. The van der Waals surface area contributed by atoms with E-state index in [0.717, 1.165) is 19.5 Å². The number of rotatable bonds is 5. The number of hydrogen-bond acceptors (Lipinski definition) is 2. The molecule has 0 amide bonds. The molecule has 0 atom stereocenters. The summed E-state index contributed by atoms with van der Waals surface area (Å²) in [6, 6.07) is 0. The molecule has 0 aliphatic carbocycles. The number of hydrogen-bond donors (Lipinski definition) is 0. The minimum absolute atomic E-state index is 0.935. The van der Waals surface area contributed by atoms with E-state index in [1.807, 2.05) is 11.1 Å². The highest BCUT2D eigenvalue weighted by molar-refractivity contribution is 4.69. The molecule has 0 aromatic carbocycles. The topological polar surface area (TPSA) is 12.5 Å². The van der Waals surface area contributed by atoms with Crippen LogP contribution in [0, 0.1) is 0 Å². The lowest BCUT2D eigenvalue weighted by atomic mass is 10.5. The van der Waals surface area contributed by atoms with Gasteiger partial charge >= 0.3 is 0 Å². The van der Waals surface area contributed by atoms with Crippen molar-refractivity contribution in [2.45, 2.75) is 27.2 Å². The molecule has 0 bridgehead atoms. The van der Waals surface area contributed by atoms with Crippen LogP contribution in [0.1, 0.15) is 27.2 Å². The third-order valence-electron chi connectivity index (χ3n) is 1.25. The summed E-state index contributed by atoms with van der Waals surface area (Å²) in [5.74, 6) is 0. The lowest BCUT2D eigenvalue weighted by Crippen LogP contribution is -2.20. The zero-order valence-corrected chi connectivity index (χ0v) is 7.13. The van der Waals surface area contributed by atoms with E-state index in [1.165, 1.54) is 0 Å². The van der Waals surface area contributed by atoms with Crippen molar-refractivity contribution in [1.29, 1.82) is 0 Å². The van der Waals surface area contributed by atoms with Crippen LogP contribution in [0.5, 0.6) is 0 Å². The Balaban J connectivity index is 3.34. The van der Waals surface area contributed by atoms with E-state index < -0.39 is 0 Å². The molecule has 0 heterocycles. The molecule has 60 valence electrons. The highest BCUT2D eigenvalue weighted by atomic mass is 16.7. The van der Waals surface area contributed by atoms with Gasteiger partial charge in [0, 0.05) is 13.1 Å². The Hall–Kier alpha value is -0.500. The first-order valence-corrected chi connectivity index (χ1v) is 3.91. The van der Waals surface area contributed by atoms with Gasteiger partial charge in [0.2, 0.25) is 0 Å². The minimum atomic E-state index is 0.935. The van der Waals surface area contributed by atoms with Gasteiger partial charge in [-0.1, -0.05) is 6.92 Å². The lowest BCUT2D eigenvalue weighted by Gasteiger charge is -2.15. The SMILES string of the molecule is CCC=CON(CC)CC. The largest absolute Gasteiger partial charge is 0.414 e. The van der Waals surface area contributed by atoms with Crippen LogP contribution in [0.4, 0.5) is 0 Å². The van der Waals surface area contributed by atoms with Crippen LogP contribution < -0.4 is 0 Å². The van der Waals surface area contributed by atoms with E-state index in [1.54, 1.807) is 6.26 Å². The van der Waals surface area contributed by atoms with E-state index in [9.17, 15) is 0 Å². The van der Waals surface area contributed by atoms with Gasteiger partial charge in [0.25, 0.3) is 0 Å². The summed E-state index contributed by atoms with van der Waals surface area (Å²) in [4.78, 5) is 5.23. The Morgan fingerprint density at radius 2 is 1.80 bits per heavy atom. The Kier molecular flexibility index (Phi) is 6.29. The molecule has 0 spiro atoms. The fourth-order valence-electron chi connectivity index (χ4n) is 0.598. The molecule has 0 saturated carbocycles. The maximum absolute atomic E-state index is 5.23. The summed E-state index contributed by atoms with van der Waals surface area (Å²) in [5, 5.41) is 1.90. The van der Waals surface area contributed by atoms with E-state index in [-0.39, 0.29) is 0 Å². The van der Waals surface area contributed by atoms with Crippen molar-refractivity contribution in [2.24, 2.45) is 0 Å². The predicted molar refractivity (Wildman–Crippen MR) is 43.4 cm³/mol. The van der Waals surface area contributed by atoms with Crippen molar-refractivity contribution in [3.63, 3.8) is 0 Å². The molecule has 0 radical (unpaired) electrons.